The summed E-state index contributed by atoms with van der Waals surface area (Å²) in [5, 5.41) is 7.23. The first-order valence-corrected chi connectivity index (χ1v) is 11.7. The maximum atomic E-state index is 12.8. The van der Waals surface area contributed by atoms with Crippen molar-refractivity contribution < 1.29 is 9.59 Å². The Hall–Kier alpha value is -2.48. The summed E-state index contributed by atoms with van der Waals surface area (Å²) in [7, 11) is 0. The lowest BCUT2D eigenvalue weighted by Gasteiger charge is -2.35. The highest BCUT2D eigenvalue weighted by Crippen LogP contribution is 2.23. The average molecular weight is 442 g/mol. The first-order valence-electron chi connectivity index (χ1n) is 11.3. The Labute approximate surface area is 188 Å². The molecule has 0 aliphatic carbocycles. The van der Waals surface area contributed by atoms with E-state index in [1.165, 1.54) is 6.42 Å². The van der Waals surface area contributed by atoms with Gasteiger partial charge in [-0.1, -0.05) is 23.8 Å². The van der Waals surface area contributed by atoms with Crippen LogP contribution in [-0.4, -0.2) is 62.6 Å². The molecule has 2 fully saturated rings. The minimum absolute atomic E-state index is 0.0672. The standard InChI is InChI=1S/C23H31N5O2S/c1-17-6-5-7-19(16-17)21-24-25-23(31)28(21)15-10-20(29)26-13-8-18(9-14-26)22(30)27-11-3-2-4-12-27/h5-7,16,18H,2-4,8-15H2,1H3,(H,25,31). The number of carbonyl (C=O) groups excluding carboxylic acids is 2. The average Bonchev–Trinajstić information content (AvgIpc) is 3.18. The Kier molecular flexibility index (Phi) is 6.85. The second-order valence-corrected chi connectivity index (χ2v) is 9.05. The number of benzene rings is 1. The van der Waals surface area contributed by atoms with Gasteiger partial charge in [-0.3, -0.25) is 19.3 Å². The molecule has 2 amide bonds. The van der Waals surface area contributed by atoms with E-state index in [2.05, 4.69) is 16.3 Å². The van der Waals surface area contributed by atoms with Gasteiger partial charge in [0, 0.05) is 50.6 Å². The molecular formula is C23H31N5O2S. The molecule has 2 aliphatic heterocycles. The third-order valence-electron chi connectivity index (χ3n) is 6.45. The minimum Gasteiger partial charge on any atom is -0.343 e. The molecule has 4 rings (SSSR count). The third-order valence-corrected chi connectivity index (χ3v) is 6.76. The van der Waals surface area contributed by atoms with E-state index >= 15 is 0 Å². The molecule has 7 nitrogen and oxygen atoms in total. The van der Waals surface area contributed by atoms with Crippen LogP contribution in [-0.2, 0) is 16.1 Å². The molecule has 8 heteroatoms. The molecule has 1 aromatic heterocycles. The molecule has 0 atom stereocenters. The number of hydrogen-bond acceptors (Lipinski definition) is 4. The Morgan fingerprint density at radius 2 is 1.84 bits per heavy atom. The van der Waals surface area contributed by atoms with Crippen LogP contribution >= 0.6 is 12.2 Å². The van der Waals surface area contributed by atoms with Gasteiger partial charge < -0.3 is 9.80 Å². The van der Waals surface area contributed by atoms with Crippen molar-refractivity contribution >= 4 is 24.0 Å². The topological polar surface area (TPSA) is 74.2 Å². The van der Waals surface area contributed by atoms with Crippen LogP contribution in [0.2, 0.25) is 0 Å². The number of likely N-dealkylation sites (tertiary alicyclic amines) is 2. The summed E-state index contributed by atoms with van der Waals surface area (Å²) < 4.78 is 2.42. The van der Waals surface area contributed by atoms with Crippen LogP contribution in [0.4, 0.5) is 0 Å². The van der Waals surface area contributed by atoms with Gasteiger partial charge in [-0.15, -0.1) is 0 Å². The number of piperidine rings is 2. The molecule has 31 heavy (non-hydrogen) atoms. The van der Waals surface area contributed by atoms with E-state index in [1.54, 1.807) is 0 Å². The Morgan fingerprint density at radius 1 is 1.10 bits per heavy atom. The van der Waals surface area contributed by atoms with Crippen molar-refractivity contribution in [2.45, 2.75) is 52.0 Å². The maximum absolute atomic E-state index is 12.8. The number of nitrogens with one attached hydrogen (secondary N) is 1. The molecule has 0 bridgehead atoms. The fourth-order valence-electron chi connectivity index (χ4n) is 4.64. The number of amides is 2. The molecule has 2 saturated heterocycles. The van der Waals surface area contributed by atoms with Gasteiger partial charge in [0.1, 0.15) is 0 Å². The Bertz CT molecular complexity index is 984. The second-order valence-electron chi connectivity index (χ2n) is 8.66. The quantitative estimate of drug-likeness (QED) is 0.720. The number of hydrogen-bond donors (Lipinski definition) is 1. The van der Waals surface area contributed by atoms with Crippen molar-refractivity contribution in [3.8, 4) is 11.4 Å². The molecule has 0 spiro atoms. The van der Waals surface area contributed by atoms with Gasteiger partial charge in [0.2, 0.25) is 11.8 Å². The number of carbonyl (C=O) groups is 2. The number of aryl methyl sites for hydroxylation is 1. The van der Waals surface area contributed by atoms with Crippen LogP contribution in [0.15, 0.2) is 24.3 Å². The summed E-state index contributed by atoms with van der Waals surface area (Å²) in [6.07, 6.45) is 5.36. The number of aromatic nitrogens is 3. The smallest absolute Gasteiger partial charge is 0.225 e. The van der Waals surface area contributed by atoms with E-state index in [0.29, 0.717) is 36.7 Å². The first kappa shape index (κ1) is 21.7. The third kappa shape index (κ3) is 5.06. The normalized spacial score (nSPS) is 17.7. The molecule has 0 unspecified atom stereocenters. The van der Waals surface area contributed by atoms with E-state index in [-0.39, 0.29) is 11.8 Å². The predicted octanol–water partition coefficient (Wildman–Crippen LogP) is 3.56. The molecule has 2 aromatic rings. The highest BCUT2D eigenvalue weighted by Gasteiger charge is 2.30. The second kappa shape index (κ2) is 9.77. The van der Waals surface area contributed by atoms with Crippen LogP contribution in [0.5, 0.6) is 0 Å². The molecule has 0 saturated carbocycles. The lowest BCUT2D eigenvalue weighted by molar-refractivity contribution is -0.141. The van der Waals surface area contributed by atoms with Crippen molar-refractivity contribution in [3.05, 3.63) is 34.6 Å². The number of rotatable bonds is 5. The zero-order valence-electron chi connectivity index (χ0n) is 18.2. The van der Waals surface area contributed by atoms with E-state index in [1.807, 2.05) is 39.5 Å². The van der Waals surface area contributed by atoms with Gasteiger partial charge >= 0.3 is 0 Å². The van der Waals surface area contributed by atoms with E-state index in [4.69, 9.17) is 12.2 Å². The van der Waals surface area contributed by atoms with Gasteiger partial charge in [-0.2, -0.15) is 5.10 Å². The minimum atomic E-state index is 0.0672. The molecule has 3 heterocycles. The summed E-state index contributed by atoms with van der Waals surface area (Å²) in [6.45, 7) is 5.64. The van der Waals surface area contributed by atoms with Gasteiger partial charge in [0.15, 0.2) is 10.6 Å². The van der Waals surface area contributed by atoms with Crippen LogP contribution in [0.25, 0.3) is 11.4 Å². The molecule has 2 aliphatic rings. The number of aromatic amines is 1. The summed E-state index contributed by atoms with van der Waals surface area (Å²) in [4.78, 5) is 29.5. The lowest BCUT2D eigenvalue weighted by atomic mass is 9.94. The van der Waals surface area contributed by atoms with Gasteiger partial charge in [0.05, 0.1) is 0 Å². The van der Waals surface area contributed by atoms with Crippen molar-refractivity contribution in [1.82, 2.24) is 24.6 Å². The summed E-state index contributed by atoms with van der Waals surface area (Å²) in [6, 6.07) is 8.10. The van der Waals surface area contributed by atoms with E-state index in [0.717, 1.165) is 55.7 Å². The summed E-state index contributed by atoms with van der Waals surface area (Å²) >= 11 is 5.40. The summed E-state index contributed by atoms with van der Waals surface area (Å²) in [5.74, 6) is 1.23. The van der Waals surface area contributed by atoms with Gasteiger partial charge in [0.25, 0.3) is 0 Å². The van der Waals surface area contributed by atoms with Gasteiger partial charge in [-0.05, 0) is 57.3 Å². The van der Waals surface area contributed by atoms with Gasteiger partial charge in [-0.25, -0.2) is 0 Å². The van der Waals surface area contributed by atoms with Crippen molar-refractivity contribution in [3.63, 3.8) is 0 Å². The highest BCUT2D eigenvalue weighted by atomic mass is 32.1. The largest absolute Gasteiger partial charge is 0.343 e. The van der Waals surface area contributed by atoms with Crippen LogP contribution < -0.4 is 0 Å². The number of nitrogens with zero attached hydrogens (tertiary/aromatic N) is 4. The fraction of sp³-hybridized carbons (Fsp3) is 0.565. The first-order chi connectivity index (χ1) is 15.0. The van der Waals surface area contributed by atoms with E-state index in [9.17, 15) is 9.59 Å². The van der Waals surface area contributed by atoms with Crippen LogP contribution in [0.3, 0.4) is 0 Å². The summed E-state index contributed by atoms with van der Waals surface area (Å²) in [5.41, 5.74) is 2.13. The zero-order valence-corrected chi connectivity index (χ0v) is 19.0. The molecule has 1 aromatic carbocycles. The van der Waals surface area contributed by atoms with Crippen LogP contribution in [0, 0.1) is 17.6 Å². The fourth-order valence-corrected chi connectivity index (χ4v) is 4.87. The van der Waals surface area contributed by atoms with Crippen molar-refractivity contribution in [2.24, 2.45) is 5.92 Å². The molecule has 1 N–H and O–H groups in total. The molecular weight excluding hydrogens is 410 g/mol. The maximum Gasteiger partial charge on any atom is 0.225 e. The Morgan fingerprint density at radius 3 is 2.55 bits per heavy atom. The van der Waals surface area contributed by atoms with E-state index < -0.39 is 0 Å². The predicted molar refractivity (Wildman–Crippen MR) is 122 cm³/mol. The van der Waals surface area contributed by atoms with Crippen LogP contribution in [0.1, 0.15) is 44.1 Å². The molecule has 0 radical (unpaired) electrons. The van der Waals surface area contributed by atoms with Crippen molar-refractivity contribution in [2.75, 3.05) is 26.2 Å². The monoisotopic (exact) mass is 441 g/mol. The Balaban J connectivity index is 1.32. The molecule has 166 valence electrons. The zero-order chi connectivity index (χ0) is 21.8. The number of H-pyrrole nitrogens is 1. The van der Waals surface area contributed by atoms with Crippen molar-refractivity contribution in [1.29, 1.82) is 0 Å². The SMILES string of the molecule is Cc1cccc(-c2n[nH]c(=S)n2CCC(=O)N2CCC(C(=O)N3CCCCC3)CC2)c1. The highest BCUT2D eigenvalue weighted by molar-refractivity contribution is 7.71. The lowest BCUT2D eigenvalue weighted by Crippen LogP contribution is -2.45.